The summed E-state index contributed by atoms with van der Waals surface area (Å²) in [6.07, 6.45) is 4.76. The molecule has 0 radical (unpaired) electrons. The Balaban J connectivity index is 3.32. The van der Waals surface area contributed by atoms with Crippen LogP contribution >= 0.6 is 0 Å². The highest BCUT2D eigenvalue weighted by Crippen LogP contribution is 2.01. The standard InChI is InChI=1S/C12H26NO2/c1-5-6-7-9-12(14)15-11-8-10-13(2,3)4/h5-11H2,1-4H3/q+1. The Morgan fingerprint density at radius 3 is 2.33 bits per heavy atom. The molecular weight excluding hydrogens is 190 g/mol. The maximum Gasteiger partial charge on any atom is 0.305 e. The van der Waals surface area contributed by atoms with Gasteiger partial charge in [-0.2, -0.15) is 0 Å². The van der Waals surface area contributed by atoms with Crippen LogP contribution in [-0.2, 0) is 9.53 Å². The van der Waals surface area contributed by atoms with Crippen LogP contribution in [0.15, 0.2) is 0 Å². The van der Waals surface area contributed by atoms with Gasteiger partial charge in [-0.05, 0) is 6.42 Å². The molecule has 0 aliphatic carbocycles. The van der Waals surface area contributed by atoms with E-state index < -0.39 is 0 Å². The number of carbonyl (C=O) groups excluding carboxylic acids is 1. The third kappa shape index (κ3) is 11.4. The molecule has 0 amide bonds. The zero-order valence-electron chi connectivity index (χ0n) is 10.7. The molecule has 0 N–H and O–H groups in total. The molecule has 3 heteroatoms. The van der Waals surface area contributed by atoms with Crippen molar-refractivity contribution in [2.24, 2.45) is 0 Å². The summed E-state index contributed by atoms with van der Waals surface area (Å²) in [5.74, 6) is -0.0372. The number of rotatable bonds is 8. The SMILES string of the molecule is CCCCCC(=O)OCCC[N+](C)(C)C. The molecule has 0 aromatic rings. The quantitative estimate of drug-likeness (QED) is 0.353. The lowest BCUT2D eigenvalue weighted by Crippen LogP contribution is -2.35. The monoisotopic (exact) mass is 216 g/mol. The molecule has 0 saturated heterocycles. The molecule has 0 bridgehead atoms. The number of carbonyl (C=O) groups is 1. The van der Waals surface area contributed by atoms with Gasteiger partial charge in [0, 0.05) is 12.8 Å². The van der Waals surface area contributed by atoms with Crippen molar-refractivity contribution in [3.05, 3.63) is 0 Å². The summed E-state index contributed by atoms with van der Waals surface area (Å²) < 4.78 is 6.06. The summed E-state index contributed by atoms with van der Waals surface area (Å²) in [6, 6.07) is 0. The lowest BCUT2D eigenvalue weighted by Gasteiger charge is -2.23. The predicted octanol–water partition coefficient (Wildman–Crippen LogP) is 2.21. The maximum absolute atomic E-state index is 11.2. The molecule has 0 atom stereocenters. The van der Waals surface area contributed by atoms with Crippen LogP contribution in [0, 0.1) is 0 Å². The topological polar surface area (TPSA) is 26.3 Å². The van der Waals surface area contributed by atoms with E-state index >= 15 is 0 Å². The largest absolute Gasteiger partial charge is 0.465 e. The summed E-state index contributed by atoms with van der Waals surface area (Å²) in [5, 5.41) is 0. The van der Waals surface area contributed by atoms with Crippen LogP contribution in [0.3, 0.4) is 0 Å². The second kappa shape index (κ2) is 7.69. The lowest BCUT2D eigenvalue weighted by molar-refractivity contribution is -0.870. The zero-order valence-corrected chi connectivity index (χ0v) is 10.7. The van der Waals surface area contributed by atoms with Gasteiger partial charge in [0.15, 0.2) is 0 Å². The highest BCUT2D eigenvalue weighted by molar-refractivity contribution is 5.69. The number of esters is 1. The molecule has 0 saturated carbocycles. The van der Waals surface area contributed by atoms with Gasteiger partial charge < -0.3 is 9.22 Å². The van der Waals surface area contributed by atoms with Gasteiger partial charge >= 0.3 is 5.97 Å². The van der Waals surface area contributed by atoms with Gasteiger partial charge in [0.25, 0.3) is 0 Å². The first kappa shape index (κ1) is 14.4. The van der Waals surface area contributed by atoms with Crippen LogP contribution in [-0.4, -0.2) is 44.7 Å². The van der Waals surface area contributed by atoms with E-state index in [2.05, 4.69) is 28.1 Å². The first-order valence-electron chi connectivity index (χ1n) is 5.92. The van der Waals surface area contributed by atoms with Crippen molar-refractivity contribution < 1.29 is 14.0 Å². The fraction of sp³-hybridized carbons (Fsp3) is 0.917. The number of hydrogen-bond donors (Lipinski definition) is 0. The van der Waals surface area contributed by atoms with E-state index in [1.807, 2.05) is 0 Å². The van der Waals surface area contributed by atoms with E-state index in [0.717, 1.165) is 36.7 Å². The number of nitrogens with zero attached hydrogens (tertiary/aromatic N) is 1. The van der Waals surface area contributed by atoms with Gasteiger partial charge in [0.2, 0.25) is 0 Å². The minimum atomic E-state index is -0.0372. The van der Waals surface area contributed by atoms with Gasteiger partial charge in [0.1, 0.15) is 0 Å². The van der Waals surface area contributed by atoms with Crippen LogP contribution in [0.25, 0.3) is 0 Å². The number of unbranched alkanes of at least 4 members (excludes halogenated alkanes) is 2. The van der Waals surface area contributed by atoms with Gasteiger partial charge in [0.05, 0.1) is 34.3 Å². The summed E-state index contributed by atoms with van der Waals surface area (Å²) in [5.41, 5.74) is 0. The Bertz CT molecular complexity index is 173. The lowest BCUT2D eigenvalue weighted by atomic mass is 10.2. The fourth-order valence-electron chi connectivity index (χ4n) is 1.32. The van der Waals surface area contributed by atoms with Crippen LogP contribution in [0.1, 0.15) is 39.0 Å². The zero-order chi connectivity index (χ0) is 11.7. The Kier molecular flexibility index (Phi) is 7.39. The van der Waals surface area contributed by atoms with Gasteiger partial charge in [-0.3, -0.25) is 4.79 Å². The number of quaternary nitrogens is 1. The summed E-state index contributed by atoms with van der Waals surface area (Å²) in [7, 11) is 6.43. The third-order valence-electron chi connectivity index (χ3n) is 2.22. The first-order chi connectivity index (χ1) is 6.95. The number of hydrogen-bond acceptors (Lipinski definition) is 2. The normalized spacial score (nSPS) is 11.5. The minimum absolute atomic E-state index is 0.0372. The van der Waals surface area contributed by atoms with E-state index in [9.17, 15) is 4.79 Å². The molecule has 0 rings (SSSR count). The fourth-order valence-corrected chi connectivity index (χ4v) is 1.32. The Hall–Kier alpha value is -0.570. The van der Waals surface area contributed by atoms with E-state index in [4.69, 9.17) is 4.74 Å². The molecule has 0 aromatic heterocycles. The molecule has 0 fully saturated rings. The minimum Gasteiger partial charge on any atom is -0.465 e. The highest BCUT2D eigenvalue weighted by Gasteiger charge is 2.07. The Labute approximate surface area is 94.0 Å². The van der Waals surface area contributed by atoms with Crippen molar-refractivity contribution in [2.45, 2.75) is 39.0 Å². The Morgan fingerprint density at radius 1 is 1.13 bits per heavy atom. The molecule has 3 nitrogen and oxygen atoms in total. The first-order valence-corrected chi connectivity index (χ1v) is 5.92. The van der Waals surface area contributed by atoms with E-state index in [1.54, 1.807) is 0 Å². The molecule has 90 valence electrons. The van der Waals surface area contributed by atoms with Gasteiger partial charge in [-0.15, -0.1) is 0 Å². The van der Waals surface area contributed by atoms with Crippen molar-refractivity contribution in [1.29, 1.82) is 0 Å². The Morgan fingerprint density at radius 2 is 1.80 bits per heavy atom. The van der Waals surface area contributed by atoms with Gasteiger partial charge in [-0.25, -0.2) is 0 Å². The second-order valence-electron chi connectivity index (χ2n) is 5.05. The molecule has 0 aromatic carbocycles. The smallest absolute Gasteiger partial charge is 0.305 e. The van der Waals surface area contributed by atoms with E-state index in [0.29, 0.717) is 13.0 Å². The summed E-state index contributed by atoms with van der Waals surface area (Å²) in [4.78, 5) is 11.2. The van der Waals surface area contributed by atoms with Crippen LogP contribution in [0.4, 0.5) is 0 Å². The summed E-state index contributed by atoms with van der Waals surface area (Å²) >= 11 is 0. The molecule has 0 spiro atoms. The predicted molar refractivity (Wildman–Crippen MR) is 62.6 cm³/mol. The maximum atomic E-state index is 11.2. The van der Waals surface area contributed by atoms with E-state index in [1.165, 1.54) is 0 Å². The van der Waals surface area contributed by atoms with Crippen molar-refractivity contribution in [3.8, 4) is 0 Å². The molecule has 0 unspecified atom stereocenters. The summed E-state index contributed by atoms with van der Waals surface area (Å²) in [6.45, 7) is 3.75. The second-order valence-corrected chi connectivity index (χ2v) is 5.05. The molecule has 15 heavy (non-hydrogen) atoms. The van der Waals surface area contributed by atoms with Crippen LogP contribution in [0.2, 0.25) is 0 Å². The van der Waals surface area contributed by atoms with E-state index in [-0.39, 0.29) is 5.97 Å². The van der Waals surface area contributed by atoms with Crippen molar-refractivity contribution >= 4 is 5.97 Å². The van der Waals surface area contributed by atoms with Crippen LogP contribution < -0.4 is 0 Å². The average molecular weight is 216 g/mol. The van der Waals surface area contributed by atoms with Crippen molar-refractivity contribution in [3.63, 3.8) is 0 Å². The number of ether oxygens (including phenoxy) is 1. The highest BCUT2D eigenvalue weighted by atomic mass is 16.5. The van der Waals surface area contributed by atoms with Crippen molar-refractivity contribution in [1.82, 2.24) is 0 Å². The molecule has 0 aliphatic heterocycles. The van der Waals surface area contributed by atoms with Gasteiger partial charge in [-0.1, -0.05) is 19.8 Å². The molecular formula is C12H26NO2+. The van der Waals surface area contributed by atoms with Crippen molar-refractivity contribution in [2.75, 3.05) is 34.3 Å². The average Bonchev–Trinajstić information content (AvgIpc) is 2.11. The third-order valence-corrected chi connectivity index (χ3v) is 2.22. The molecule has 0 heterocycles. The van der Waals surface area contributed by atoms with Crippen LogP contribution in [0.5, 0.6) is 0 Å². The molecule has 0 aliphatic rings.